The molecule has 3 N–H and O–H groups in total. The number of nitrogens with zero attached hydrogens (tertiary/aromatic N) is 4. The van der Waals surface area contributed by atoms with Crippen molar-refractivity contribution in [2.45, 2.75) is 63.3 Å². The van der Waals surface area contributed by atoms with E-state index in [1.54, 1.807) is 6.07 Å². The van der Waals surface area contributed by atoms with Crippen molar-refractivity contribution >= 4 is 38.8 Å². The lowest BCUT2D eigenvalue weighted by Crippen LogP contribution is -2.45. The Hall–Kier alpha value is -3.69. The number of carbonyl (C=O) groups is 2. The summed E-state index contributed by atoms with van der Waals surface area (Å²) in [4.78, 5) is 29.0. The van der Waals surface area contributed by atoms with E-state index < -0.39 is 28.5 Å². The Morgan fingerprint density at radius 3 is 2.47 bits per heavy atom. The van der Waals surface area contributed by atoms with Crippen LogP contribution in [0.2, 0.25) is 0 Å². The van der Waals surface area contributed by atoms with Gasteiger partial charge in [0.1, 0.15) is 0 Å². The fourth-order valence-corrected chi connectivity index (χ4v) is 8.12. The van der Waals surface area contributed by atoms with E-state index in [2.05, 4.69) is 62.8 Å². The zero-order chi connectivity index (χ0) is 35.3. The van der Waals surface area contributed by atoms with Crippen molar-refractivity contribution in [3.63, 3.8) is 0 Å². The summed E-state index contributed by atoms with van der Waals surface area (Å²) >= 11 is 0. The third kappa shape index (κ3) is 8.21. The van der Waals surface area contributed by atoms with Gasteiger partial charge in [0.15, 0.2) is 6.29 Å². The molecule has 1 atom stereocenters. The molecule has 13 nitrogen and oxygen atoms in total. The summed E-state index contributed by atoms with van der Waals surface area (Å²) in [5.41, 5.74) is 5.88. The molecule has 0 saturated heterocycles. The third-order valence-corrected chi connectivity index (χ3v) is 11.4. The van der Waals surface area contributed by atoms with Crippen LogP contribution in [-0.4, -0.2) is 113 Å². The molecule has 14 heteroatoms. The minimum Gasteiger partial charge on any atom is -0.465 e. The van der Waals surface area contributed by atoms with Gasteiger partial charge in [0.05, 0.1) is 18.3 Å². The SMILES string of the molecule is COC(CN(C)S(=O)(=O)NC(=O)c1ccc2c(C3CCCCC3)c3n(c2c1)CC(CN(C)CCCNC(=O)O)N(C)c1ccccc1-3)OC. The van der Waals surface area contributed by atoms with Gasteiger partial charge in [-0.15, -0.1) is 0 Å². The number of fused-ring (bicyclic) bond motifs is 5. The number of carboxylic acid groups (broad SMARTS) is 1. The first kappa shape index (κ1) is 36.6. The second-order valence-corrected chi connectivity index (χ2v) is 15.0. The Bertz CT molecular complexity index is 1740. The summed E-state index contributed by atoms with van der Waals surface area (Å²) in [5.74, 6) is -0.345. The van der Waals surface area contributed by atoms with Crippen molar-refractivity contribution in [1.82, 2.24) is 23.8 Å². The minimum atomic E-state index is -4.18. The van der Waals surface area contributed by atoms with Gasteiger partial charge in [-0.1, -0.05) is 43.5 Å². The molecule has 1 unspecified atom stereocenters. The number of para-hydroxylation sites is 1. The van der Waals surface area contributed by atoms with E-state index in [4.69, 9.17) is 14.6 Å². The zero-order valence-corrected chi connectivity index (χ0v) is 30.0. The molecule has 1 aliphatic carbocycles. The van der Waals surface area contributed by atoms with Gasteiger partial charge in [-0.3, -0.25) is 4.79 Å². The number of rotatable bonds is 14. The standard InChI is InChI=1S/C35H50N6O7S/c1-38(19-11-18-36-35(43)44)21-26-22-41-30-20-25(34(42)37-49(45,46)39(2)23-31(47-4)48-5)16-17-27(30)32(24-12-7-6-8-13-24)33(41)28-14-9-10-15-29(28)40(26)3/h9-10,14-17,20,24,26,31,36H,6-8,11-13,18-19,21-23H2,1-5H3,(H,37,42)(H,43,44). The predicted octanol–water partition coefficient (Wildman–Crippen LogP) is 4.29. The normalized spacial score (nSPS) is 17.0. The third-order valence-electron chi connectivity index (χ3n) is 9.94. The first-order valence-electron chi connectivity index (χ1n) is 16.9. The Morgan fingerprint density at radius 2 is 1.78 bits per heavy atom. The Morgan fingerprint density at radius 1 is 1.06 bits per heavy atom. The summed E-state index contributed by atoms with van der Waals surface area (Å²) in [6, 6.07) is 14.1. The zero-order valence-electron chi connectivity index (χ0n) is 29.1. The van der Waals surface area contributed by atoms with Crippen LogP contribution < -0.4 is 14.9 Å². The van der Waals surface area contributed by atoms with Crippen molar-refractivity contribution in [2.75, 3.05) is 66.4 Å². The lowest BCUT2D eigenvalue weighted by Gasteiger charge is -2.32. The molecule has 0 spiro atoms. The Labute approximate surface area is 289 Å². The first-order chi connectivity index (χ1) is 23.4. The first-order valence-corrected chi connectivity index (χ1v) is 18.4. The van der Waals surface area contributed by atoms with E-state index in [-0.39, 0.29) is 18.2 Å². The molecule has 1 aromatic heterocycles. The number of amides is 2. The molecule has 5 rings (SSSR count). The predicted molar refractivity (Wildman–Crippen MR) is 190 cm³/mol. The van der Waals surface area contributed by atoms with Gasteiger partial charge in [-0.25, -0.2) is 9.52 Å². The summed E-state index contributed by atoms with van der Waals surface area (Å²) < 4.78 is 42.1. The van der Waals surface area contributed by atoms with Crippen LogP contribution in [-0.2, 0) is 26.2 Å². The summed E-state index contributed by atoms with van der Waals surface area (Å²) in [5, 5.41) is 12.5. The van der Waals surface area contributed by atoms with Crippen LogP contribution in [0.15, 0.2) is 42.5 Å². The fourth-order valence-electron chi connectivity index (χ4n) is 7.30. The highest BCUT2D eigenvalue weighted by atomic mass is 32.2. The second kappa shape index (κ2) is 15.9. The minimum absolute atomic E-state index is 0.0515. The van der Waals surface area contributed by atoms with E-state index in [1.165, 1.54) is 46.1 Å². The molecule has 2 aliphatic rings. The molecule has 268 valence electrons. The topological polar surface area (TPSA) is 146 Å². The van der Waals surface area contributed by atoms with Crippen molar-refractivity contribution in [2.24, 2.45) is 0 Å². The van der Waals surface area contributed by atoms with E-state index in [9.17, 15) is 18.0 Å². The summed E-state index contributed by atoms with van der Waals surface area (Å²) in [6.07, 6.45) is 4.64. The van der Waals surface area contributed by atoms with Crippen molar-refractivity contribution in [3.8, 4) is 11.3 Å². The van der Waals surface area contributed by atoms with Gasteiger partial charge in [0.25, 0.3) is 5.91 Å². The highest BCUT2D eigenvalue weighted by molar-refractivity contribution is 7.87. The van der Waals surface area contributed by atoms with Crippen LogP contribution in [0.3, 0.4) is 0 Å². The van der Waals surface area contributed by atoms with Crippen LogP contribution in [0.1, 0.15) is 60.4 Å². The fraction of sp³-hybridized carbons (Fsp3) is 0.543. The highest BCUT2D eigenvalue weighted by Gasteiger charge is 2.33. The number of likely N-dealkylation sites (N-methyl/N-ethyl adjacent to an activating group) is 3. The van der Waals surface area contributed by atoms with Gasteiger partial charge in [-0.2, -0.15) is 12.7 Å². The van der Waals surface area contributed by atoms with Crippen LogP contribution in [0.25, 0.3) is 22.2 Å². The van der Waals surface area contributed by atoms with Gasteiger partial charge >= 0.3 is 16.3 Å². The second-order valence-electron chi connectivity index (χ2n) is 13.2. The van der Waals surface area contributed by atoms with E-state index >= 15 is 0 Å². The van der Waals surface area contributed by atoms with Crippen LogP contribution in [0.4, 0.5) is 10.5 Å². The lowest BCUT2D eigenvalue weighted by atomic mass is 9.81. The van der Waals surface area contributed by atoms with Gasteiger partial charge in [0.2, 0.25) is 0 Å². The monoisotopic (exact) mass is 698 g/mol. The van der Waals surface area contributed by atoms with E-state index in [0.717, 1.165) is 58.1 Å². The maximum absolute atomic E-state index is 13.6. The number of hydrogen-bond donors (Lipinski definition) is 3. The maximum Gasteiger partial charge on any atom is 0.404 e. The van der Waals surface area contributed by atoms with E-state index in [1.807, 2.05) is 12.1 Å². The van der Waals surface area contributed by atoms with Crippen LogP contribution in [0, 0.1) is 0 Å². The average molecular weight is 699 g/mol. The largest absolute Gasteiger partial charge is 0.465 e. The Kier molecular flexibility index (Phi) is 11.9. The van der Waals surface area contributed by atoms with Gasteiger partial charge < -0.3 is 34.3 Å². The smallest absolute Gasteiger partial charge is 0.404 e. The number of hydrogen-bond acceptors (Lipinski definition) is 8. The number of anilines is 1. The van der Waals surface area contributed by atoms with Crippen molar-refractivity contribution in [3.05, 3.63) is 53.6 Å². The number of nitrogens with one attached hydrogen (secondary N) is 2. The molecular formula is C35H50N6O7S. The number of benzene rings is 2. The molecule has 1 fully saturated rings. The summed E-state index contributed by atoms with van der Waals surface area (Å²) in [7, 11) is 4.20. The molecule has 2 heterocycles. The van der Waals surface area contributed by atoms with E-state index in [0.29, 0.717) is 25.4 Å². The number of aromatic nitrogens is 1. The molecule has 1 aliphatic heterocycles. The molecule has 0 radical (unpaired) electrons. The molecule has 1 saturated carbocycles. The van der Waals surface area contributed by atoms with Crippen molar-refractivity contribution < 1.29 is 32.6 Å². The molecule has 3 aromatic rings. The maximum atomic E-state index is 13.6. The molecule has 2 amide bonds. The number of carbonyl (C=O) groups excluding carboxylic acids is 1. The van der Waals surface area contributed by atoms with Crippen LogP contribution in [0.5, 0.6) is 0 Å². The van der Waals surface area contributed by atoms with Crippen LogP contribution >= 0.6 is 0 Å². The number of methoxy groups -OCH3 is 2. The molecule has 2 aromatic carbocycles. The average Bonchev–Trinajstić information content (AvgIpc) is 3.35. The van der Waals surface area contributed by atoms with Gasteiger partial charge in [-0.05, 0) is 62.5 Å². The molecule has 49 heavy (non-hydrogen) atoms. The lowest BCUT2D eigenvalue weighted by molar-refractivity contribution is -0.106. The van der Waals surface area contributed by atoms with Gasteiger partial charge in [0, 0.05) is 75.7 Å². The molecular weight excluding hydrogens is 648 g/mol. The number of ether oxygens (including phenoxy) is 2. The quantitative estimate of drug-likeness (QED) is 0.166. The summed E-state index contributed by atoms with van der Waals surface area (Å²) in [6.45, 7) is 2.38. The molecule has 0 bridgehead atoms. The Balaban J connectivity index is 1.55. The van der Waals surface area contributed by atoms with Crippen molar-refractivity contribution in [1.29, 1.82) is 0 Å². The highest BCUT2D eigenvalue weighted by Crippen LogP contribution is 2.47.